The zero-order valence-corrected chi connectivity index (χ0v) is 13.6. The fraction of sp³-hybridized carbons (Fsp3) is 0.350. The van der Waals surface area contributed by atoms with Crippen LogP contribution < -0.4 is 5.32 Å². The molecule has 0 radical (unpaired) electrons. The van der Waals surface area contributed by atoms with Crippen molar-refractivity contribution in [3.05, 3.63) is 59.9 Å². The number of benzene rings is 1. The predicted octanol–water partition coefficient (Wildman–Crippen LogP) is 4.26. The molecule has 1 aromatic carbocycles. The Kier molecular flexibility index (Phi) is 5.22. The van der Waals surface area contributed by atoms with Crippen LogP contribution in [0.1, 0.15) is 49.1 Å². The Morgan fingerprint density at radius 3 is 2.54 bits per heavy atom. The second kappa shape index (κ2) is 7.74. The first-order chi connectivity index (χ1) is 11.7. The fourth-order valence-corrected chi connectivity index (χ4v) is 3.42. The van der Waals surface area contributed by atoms with Crippen LogP contribution in [0.5, 0.6) is 0 Å². The number of carbonyl (C=O) groups excluding carboxylic acids is 1. The SMILES string of the molecule is N#Cc1ccc(NC(=O)CC2CCC(c3cccnc3)CC2)cc1. The summed E-state index contributed by atoms with van der Waals surface area (Å²) in [5.74, 6) is 1.09. The number of nitrogens with one attached hydrogen (secondary N) is 1. The van der Waals surface area contributed by atoms with Crippen molar-refractivity contribution >= 4 is 11.6 Å². The summed E-state index contributed by atoms with van der Waals surface area (Å²) in [6.07, 6.45) is 8.76. The van der Waals surface area contributed by atoms with Crippen LogP contribution in [0.25, 0.3) is 0 Å². The van der Waals surface area contributed by atoms with Crippen LogP contribution in [0, 0.1) is 17.2 Å². The molecule has 2 aromatic rings. The van der Waals surface area contributed by atoms with Gasteiger partial charge in [-0.05, 0) is 73.4 Å². The average molecular weight is 319 g/mol. The van der Waals surface area contributed by atoms with Gasteiger partial charge in [0.15, 0.2) is 0 Å². The van der Waals surface area contributed by atoms with Crippen LogP contribution in [0.3, 0.4) is 0 Å². The summed E-state index contributed by atoms with van der Waals surface area (Å²) >= 11 is 0. The largest absolute Gasteiger partial charge is 0.326 e. The number of anilines is 1. The molecule has 1 amide bonds. The van der Waals surface area contributed by atoms with E-state index in [4.69, 9.17) is 5.26 Å². The molecule has 4 heteroatoms. The Morgan fingerprint density at radius 1 is 1.17 bits per heavy atom. The van der Waals surface area contributed by atoms with E-state index < -0.39 is 0 Å². The summed E-state index contributed by atoms with van der Waals surface area (Å²) in [7, 11) is 0. The zero-order chi connectivity index (χ0) is 16.8. The van der Waals surface area contributed by atoms with Crippen molar-refractivity contribution in [2.45, 2.75) is 38.0 Å². The first kappa shape index (κ1) is 16.2. The summed E-state index contributed by atoms with van der Waals surface area (Å²) < 4.78 is 0. The summed E-state index contributed by atoms with van der Waals surface area (Å²) in [5, 5.41) is 11.7. The lowest BCUT2D eigenvalue weighted by atomic mass is 9.78. The standard InChI is InChI=1S/C20H21N3O/c21-13-16-5-9-19(10-6-16)23-20(24)12-15-3-7-17(8-4-15)18-2-1-11-22-14-18/h1-2,5-6,9-11,14-15,17H,3-4,7-8,12H2,(H,23,24). The summed E-state index contributed by atoms with van der Waals surface area (Å²) in [4.78, 5) is 16.4. The van der Waals surface area contributed by atoms with E-state index >= 15 is 0 Å². The van der Waals surface area contributed by atoms with Gasteiger partial charge in [0.2, 0.25) is 5.91 Å². The highest BCUT2D eigenvalue weighted by molar-refractivity contribution is 5.90. The van der Waals surface area contributed by atoms with Gasteiger partial charge in [0, 0.05) is 24.5 Å². The average Bonchev–Trinajstić information content (AvgIpc) is 2.64. The summed E-state index contributed by atoms with van der Waals surface area (Å²) in [6.45, 7) is 0. The highest BCUT2D eigenvalue weighted by Gasteiger charge is 2.24. The Hall–Kier alpha value is -2.67. The fourth-order valence-electron chi connectivity index (χ4n) is 3.42. The van der Waals surface area contributed by atoms with E-state index in [1.165, 1.54) is 5.56 Å². The molecule has 0 spiro atoms. The normalized spacial score (nSPS) is 20.1. The molecule has 1 saturated carbocycles. The van der Waals surface area contributed by atoms with Crippen molar-refractivity contribution < 1.29 is 4.79 Å². The number of pyridine rings is 1. The van der Waals surface area contributed by atoms with Gasteiger partial charge in [-0.25, -0.2) is 0 Å². The zero-order valence-electron chi connectivity index (χ0n) is 13.6. The minimum Gasteiger partial charge on any atom is -0.326 e. The van der Waals surface area contributed by atoms with Crippen molar-refractivity contribution in [3.63, 3.8) is 0 Å². The van der Waals surface area contributed by atoms with E-state index in [-0.39, 0.29) is 5.91 Å². The lowest BCUT2D eigenvalue weighted by Gasteiger charge is -2.28. The molecule has 0 unspecified atom stereocenters. The maximum Gasteiger partial charge on any atom is 0.224 e. The lowest BCUT2D eigenvalue weighted by molar-refractivity contribution is -0.117. The van der Waals surface area contributed by atoms with Gasteiger partial charge in [0.25, 0.3) is 0 Å². The molecule has 1 N–H and O–H groups in total. The van der Waals surface area contributed by atoms with Crippen molar-refractivity contribution in [1.29, 1.82) is 5.26 Å². The molecular formula is C20H21N3O. The van der Waals surface area contributed by atoms with Gasteiger partial charge < -0.3 is 5.32 Å². The predicted molar refractivity (Wildman–Crippen MR) is 93.3 cm³/mol. The molecule has 0 aliphatic heterocycles. The van der Waals surface area contributed by atoms with Gasteiger partial charge in [-0.2, -0.15) is 5.26 Å². The Labute approximate surface area is 142 Å². The molecule has 1 aromatic heterocycles. The number of nitriles is 1. The van der Waals surface area contributed by atoms with Crippen molar-refractivity contribution in [3.8, 4) is 6.07 Å². The molecule has 24 heavy (non-hydrogen) atoms. The van der Waals surface area contributed by atoms with E-state index in [1.807, 2.05) is 18.5 Å². The lowest BCUT2D eigenvalue weighted by Crippen LogP contribution is -2.20. The van der Waals surface area contributed by atoms with Gasteiger partial charge in [-0.3, -0.25) is 9.78 Å². The van der Waals surface area contributed by atoms with Crippen LogP contribution in [0.15, 0.2) is 48.8 Å². The van der Waals surface area contributed by atoms with Crippen LogP contribution in [0.4, 0.5) is 5.69 Å². The Bertz CT molecular complexity index is 711. The number of amides is 1. The number of nitrogens with zero attached hydrogens (tertiary/aromatic N) is 2. The number of carbonyl (C=O) groups is 1. The topological polar surface area (TPSA) is 65.8 Å². The molecule has 0 saturated heterocycles. The summed E-state index contributed by atoms with van der Waals surface area (Å²) in [5.41, 5.74) is 2.67. The molecule has 0 bridgehead atoms. The van der Waals surface area contributed by atoms with Crippen LogP contribution in [0.2, 0.25) is 0 Å². The second-order valence-electron chi connectivity index (χ2n) is 6.45. The van der Waals surface area contributed by atoms with Gasteiger partial charge in [-0.1, -0.05) is 6.07 Å². The number of rotatable bonds is 4. The number of hydrogen-bond donors (Lipinski definition) is 1. The van der Waals surface area contributed by atoms with Gasteiger partial charge >= 0.3 is 0 Å². The second-order valence-corrected chi connectivity index (χ2v) is 6.45. The van der Waals surface area contributed by atoms with Crippen molar-refractivity contribution in [2.24, 2.45) is 5.92 Å². The van der Waals surface area contributed by atoms with E-state index in [0.29, 0.717) is 23.8 Å². The van der Waals surface area contributed by atoms with E-state index in [1.54, 1.807) is 24.3 Å². The number of aromatic nitrogens is 1. The maximum atomic E-state index is 12.2. The quantitative estimate of drug-likeness (QED) is 0.916. The van der Waals surface area contributed by atoms with E-state index in [0.717, 1.165) is 31.4 Å². The Morgan fingerprint density at radius 2 is 1.92 bits per heavy atom. The third-order valence-electron chi connectivity index (χ3n) is 4.77. The first-order valence-electron chi connectivity index (χ1n) is 8.44. The van der Waals surface area contributed by atoms with Crippen molar-refractivity contribution in [1.82, 2.24) is 4.98 Å². The molecule has 1 aliphatic carbocycles. The molecule has 0 atom stereocenters. The molecule has 122 valence electrons. The molecule has 3 rings (SSSR count). The third kappa shape index (κ3) is 4.20. The van der Waals surface area contributed by atoms with E-state index in [2.05, 4.69) is 22.4 Å². The molecular weight excluding hydrogens is 298 g/mol. The van der Waals surface area contributed by atoms with Gasteiger partial charge in [0.05, 0.1) is 11.6 Å². The van der Waals surface area contributed by atoms with Crippen LogP contribution >= 0.6 is 0 Å². The van der Waals surface area contributed by atoms with Crippen LogP contribution in [-0.2, 0) is 4.79 Å². The molecule has 1 heterocycles. The number of hydrogen-bond acceptors (Lipinski definition) is 3. The van der Waals surface area contributed by atoms with E-state index in [9.17, 15) is 4.79 Å². The third-order valence-corrected chi connectivity index (χ3v) is 4.77. The molecule has 1 fully saturated rings. The minimum atomic E-state index is 0.0598. The van der Waals surface area contributed by atoms with Gasteiger partial charge in [-0.15, -0.1) is 0 Å². The van der Waals surface area contributed by atoms with Gasteiger partial charge in [0.1, 0.15) is 0 Å². The molecule has 4 nitrogen and oxygen atoms in total. The monoisotopic (exact) mass is 319 g/mol. The Balaban J connectivity index is 1.47. The highest BCUT2D eigenvalue weighted by Crippen LogP contribution is 2.36. The van der Waals surface area contributed by atoms with Crippen molar-refractivity contribution in [2.75, 3.05) is 5.32 Å². The first-order valence-corrected chi connectivity index (χ1v) is 8.44. The van der Waals surface area contributed by atoms with Crippen LogP contribution in [-0.4, -0.2) is 10.9 Å². The highest BCUT2D eigenvalue weighted by atomic mass is 16.1. The minimum absolute atomic E-state index is 0.0598. The molecule has 1 aliphatic rings. The smallest absolute Gasteiger partial charge is 0.224 e. The summed E-state index contributed by atoms with van der Waals surface area (Å²) in [6, 6.07) is 13.2. The maximum absolute atomic E-state index is 12.2.